The SMILES string of the molecule is CCC1(CC2([SiH2]c3cc(C)cc(C)c3)C(C)=C(C)C(C)=[C]2[Ti+3])C=CC=CC1.[Cl-].[Cl-].[Cl-]. The fourth-order valence-electron chi connectivity index (χ4n) is 5.23. The Morgan fingerprint density at radius 2 is 1.50 bits per heavy atom. The average molecular weight is 516 g/mol. The molecule has 2 unspecified atom stereocenters. The Balaban J connectivity index is 0.00000280. The van der Waals surface area contributed by atoms with Crippen molar-refractivity contribution in [3.8, 4) is 0 Å². The number of aryl methyl sites for hydroxylation is 2. The van der Waals surface area contributed by atoms with Gasteiger partial charge in [-0.15, -0.1) is 0 Å². The Hall–Kier alpha value is -0.0188. The topological polar surface area (TPSA) is 0 Å². The quantitative estimate of drug-likeness (QED) is 0.362. The molecule has 2 atom stereocenters. The number of rotatable bonds is 5. The smallest absolute Gasteiger partial charge is 1.00 e. The zero-order chi connectivity index (χ0) is 19.8. The van der Waals surface area contributed by atoms with Crippen LogP contribution in [0.15, 0.2) is 63.1 Å². The van der Waals surface area contributed by atoms with Crippen molar-refractivity contribution >= 4 is 14.7 Å². The maximum Gasteiger partial charge on any atom is -1.00 e. The molecule has 5 heteroatoms. The average Bonchev–Trinajstić information content (AvgIpc) is 2.78. The van der Waals surface area contributed by atoms with Gasteiger partial charge < -0.3 is 37.2 Å². The van der Waals surface area contributed by atoms with Gasteiger partial charge in [0.1, 0.15) is 0 Å². The Morgan fingerprint density at radius 3 is 1.93 bits per heavy atom. The zero-order valence-electron chi connectivity index (χ0n) is 19.0. The summed E-state index contributed by atoms with van der Waals surface area (Å²) in [5.41, 5.74) is 7.87. The summed E-state index contributed by atoms with van der Waals surface area (Å²) in [4.78, 5) is 0. The molecule has 0 radical (unpaired) electrons. The molecule has 2 aliphatic rings. The Morgan fingerprint density at radius 1 is 0.900 bits per heavy atom. The summed E-state index contributed by atoms with van der Waals surface area (Å²) in [5, 5.41) is 1.90. The van der Waals surface area contributed by atoms with Gasteiger partial charge in [-0.05, 0) is 0 Å². The van der Waals surface area contributed by atoms with Crippen molar-refractivity contribution in [1.29, 1.82) is 0 Å². The van der Waals surface area contributed by atoms with E-state index in [9.17, 15) is 0 Å². The van der Waals surface area contributed by atoms with Crippen LogP contribution in [0.2, 0.25) is 5.04 Å². The summed E-state index contributed by atoms with van der Waals surface area (Å²) in [6.45, 7) is 14.0. The molecule has 0 bridgehead atoms. The van der Waals surface area contributed by atoms with Gasteiger partial charge in [0.25, 0.3) is 0 Å². The first-order chi connectivity index (χ1) is 12.7. The van der Waals surface area contributed by atoms with Gasteiger partial charge in [-0.2, -0.15) is 0 Å². The van der Waals surface area contributed by atoms with Crippen molar-refractivity contribution in [1.82, 2.24) is 0 Å². The van der Waals surface area contributed by atoms with E-state index in [0.29, 0.717) is 5.41 Å². The second-order valence-electron chi connectivity index (χ2n) is 8.89. The summed E-state index contributed by atoms with van der Waals surface area (Å²) in [6.07, 6.45) is 13.1. The Bertz CT molecular complexity index is 838. The second kappa shape index (κ2) is 11.7. The van der Waals surface area contributed by atoms with E-state index in [-0.39, 0.29) is 42.3 Å². The van der Waals surface area contributed by atoms with Gasteiger partial charge in [0.2, 0.25) is 0 Å². The summed E-state index contributed by atoms with van der Waals surface area (Å²) in [5.74, 6) is 0. The molecule has 0 heterocycles. The Kier molecular flexibility index (Phi) is 11.7. The third kappa shape index (κ3) is 5.66. The molecule has 1 aromatic rings. The van der Waals surface area contributed by atoms with Crippen LogP contribution < -0.4 is 42.4 Å². The van der Waals surface area contributed by atoms with E-state index in [1.165, 1.54) is 30.4 Å². The van der Waals surface area contributed by atoms with Gasteiger partial charge in [0, 0.05) is 0 Å². The van der Waals surface area contributed by atoms with Crippen LogP contribution in [0.5, 0.6) is 0 Å². The zero-order valence-corrected chi connectivity index (χ0v) is 24.2. The fraction of sp³-hybridized carbons (Fsp3) is 0.440. The minimum atomic E-state index is -0.508. The third-order valence-electron chi connectivity index (χ3n) is 7.06. The normalized spacial score (nSPS) is 25.5. The van der Waals surface area contributed by atoms with Crippen molar-refractivity contribution in [3.63, 3.8) is 0 Å². The molecule has 0 fully saturated rings. The molecule has 0 spiro atoms. The van der Waals surface area contributed by atoms with Crippen molar-refractivity contribution < 1.29 is 57.7 Å². The van der Waals surface area contributed by atoms with Gasteiger partial charge in [0.05, 0.1) is 0 Å². The maximum atomic E-state index is 2.51. The predicted molar refractivity (Wildman–Crippen MR) is 118 cm³/mol. The van der Waals surface area contributed by atoms with Crippen LogP contribution in [0.4, 0.5) is 0 Å². The van der Waals surface area contributed by atoms with Gasteiger partial charge >= 0.3 is 181 Å². The molecule has 2 aliphatic carbocycles. The number of hydrogen-bond acceptors (Lipinski definition) is 0. The summed E-state index contributed by atoms with van der Waals surface area (Å²) in [7, 11) is -0.508. The van der Waals surface area contributed by atoms with Crippen molar-refractivity contribution in [2.24, 2.45) is 5.41 Å². The predicted octanol–water partition coefficient (Wildman–Crippen LogP) is -3.26. The minimum absolute atomic E-state index is 0. The second-order valence-corrected chi connectivity index (χ2v) is 12.0. The van der Waals surface area contributed by atoms with Crippen LogP contribution >= 0.6 is 0 Å². The largest absolute Gasteiger partial charge is 1.00 e. The standard InChI is InChI=1S/C25H33Si.3ClH.Ti/c1-7-24(11-9-8-10-12-24)17-25(16-20(4)21(5)22(25)6)26-23-14-18(2)13-19(3)15-23;;;;/h8-11,13-15H,7,12,17,26H2,1-6H3;3*1H;/q;;;;+3/p-3. The molecule has 0 nitrogen and oxygen atoms in total. The molecule has 30 heavy (non-hydrogen) atoms. The summed E-state index contributed by atoms with van der Waals surface area (Å²) >= 11 is 2.43. The Labute approximate surface area is 216 Å². The monoisotopic (exact) mass is 514 g/mol. The molecule has 162 valence electrons. The van der Waals surface area contributed by atoms with Gasteiger partial charge in [-0.1, -0.05) is 0 Å². The van der Waals surface area contributed by atoms with E-state index in [1.807, 2.05) is 0 Å². The molecule has 0 amide bonds. The number of benzene rings is 1. The van der Waals surface area contributed by atoms with E-state index < -0.39 is 9.52 Å². The van der Waals surface area contributed by atoms with Gasteiger partial charge in [-0.25, -0.2) is 0 Å². The number of hydrogen-bond donors (Lipinski definition) is 0. The van der Waals surface area contributed by atoms with Crippen LogP contribution in [0.3, 0.4) is 0 Å². The van der Waals surface area contributed by atoms with Crippen LogP contribution in [0.25, 0.3) is 0 Å². The van der Waals surface area contributed by atoms with Crippen molar-refractivity contribution in [2.75, 3.05) is 0 Å². The molecular weight excluding hydrogens is 483 g/mol. The molecule has 0 saturated carbocycles. The third-order valence-corrected chi connectivity index (χ3v) is 11.5. The molecule has 0 saturated heterocycles. The van der Waals surface area contributed by atoms with Gasteiger partial charge in [-0.3, -0.25) is 0 Å². The van der Waals surface area contributed by atoms with E-state index in [0.717, 1.165) is 0 Å². The molecule has 0 N–H and O–H groups in total. The van der Waals surface area contributed by atoms with E-state index >= 15 is 0 Å². The first-order valence-corrected chi connectivity index (χ1v) is 12.5. The van der Waals surface area contributed by atoms with E-state index in [2.05, 4.69) is 104 Å². The van der Waals surface area contributed by atoms with Crippen molar-refractivity contribution in [2.45, 2.75) is 65.8 Å². The summed E-state index contributed by atoms with van der Waals surface area (Å²) in [6, 6.07) is 7.23. The van der Waals surface area contributed by atoms with Crippen LogP contribution in [0.1, 0.15) is 58.1 Å². The number of allylic oxidation sites excluding steroid dienone is 8. The van der Waals surface area contributed by atoms with Gasteiger partial charge in [0.15, 0.2) is 0 Å². The fourth-order valence-corrected chi connectivity index (χ4v) is 9.50. The van der Waals surface area contributed by atoms with Crippen LogP contribution in [-0.2, 0) is 20.4 Å². The molecule has 0 aliphatic heterocycles. The summed E-state index contributed by atoms with van der Waals surface area (Å²) < 4.78 is 1.65. The molecule has 1 aromatic carbocycles. The molecule has 3 rings (SSSR count). The number of halogens is 3. The minimum Gasteiger partial charge on any atom is -1.00 e. The van der Waals surface area contributed by atoms with Crippen LogP contribution in [0, 0.1) is 19.3 Å². The van der Waals surface area contributed by atoms with E-state index in [1.54, 1.807) is 25.8 Å². The van der Waals surface area contributed by atoms with Crippen LogP contribution in [-0.4, -0.2) is 9.52 Å². The first-order valence-electron chi connectivity index (χ1n) is 10.3. The van der Waals surface area contributed by atoms with Crippen molar-refractivity contribution in [3.05, 3.63) is 74.2 Å². The molecular formula is C25H33Cl3SiTi. The first kappa shape index (κ1) is 30.0. The van der Waals surface area contributed by atoms with E-state index in [4.69, 9.17) is 0 Å². The molecule has 0 aromatic heterocycles. The maximum absolute atomic E-state index is 2.51.